The third-order valence-electron chi connectivity index (χ3n) is 5.27. The normalized spacial score (nSPS) is 15.8. The molecule has 1 aliphatic rings. The Labute approximate surface area is 198 Å². The summed E-state index contributed by atoms with van der Waals surface area (Å²) >= 11 is 7.72. The van der Waals surface area contributed by atoms with E-state index in [2.05, 4.69) is 15.4 Å². The number of anilines is 1. The monoisotopic (exact) mass is 485 g/mol. The molecular formula is C23H20ClN3O5S. The van der Waals surface area contributed by atoms with Gasteiger partial charge in [-0.2, -0.15) is 0 Å². The summed E-state index contributed by atoms with van der Waals surface area (Å²) in [4.78, 5) is 52.1. The van der Waals surface area contributed by atoms with Crippen LogP contribution in [0.5, 0.6) is 0 Å². The van der Waals surface area contributed by atoms with Crippen LogP contribution in [-0.4, -0.2) is 54.8 Å². The van der Waals surface area contributed by atoms with Crippen molar-refractivity contribution in [3.63, 3.8) is 0 Å². The summed E-state index contributed by atoms with van der Waals surface area (Å²) in [5.74, 6) is -1.80. The van der Waals surface area contributed by atoms with E-state index in [1.165, 1.54) is 29.4 Å². The van der Waals surface area contributed by atoms with E-state index < -0.39 is 23.8 Å². The summed E-state index contributed by atoms with van der Waals surface area (Å²) < 4.78 is 5.55. The fourth-order valence-electron chi connectivity index (χ4n) is 3.67. The van der Waals surface area contributed by atoms with Gasteiger partial charge in [0.2, 0.25) is 11.8 Å². The second-order valence-corrected chi connectivity index (χ2v) is 8.80. The molecule has 8 nitrogen and oxygen atoms in total. The Morgan fingerprint density at radius 1 is 1.21 bits per heavy atom. The molecule has 0 aliphatic carbocycles. The van der Waals surface area contributed by atoms with Gasteiger partial charge in [0.05, 0.1) is 24.1 Å². The molecule has 10 heteroatoms. The number of piperazine rings is 1. The number of carbonyl (C=O) groups is 4. The largest absolute Gasteiger partial charge is 0.465 e. The summed E-state index contributed by atoms with van der Waals surface area (Å²) in [6, 6.07) is 12.7. The van der Waals surface area contributed by atoms with E-state index in [4.69, 9.17) is 11.6 Å². The molecule has 3 amide bonds. The molecule has 1 fully saturated rings. The minimum Gasteiger partial charge on any atom is -0.465 e. The molecule has 0 saturated carbocycles. The van der Waals surface area contributed by atoms with Gasteiger partial charge in [-0.25, -0.2) is 4.79 Å². The highest BCUT2D eigenvalue weighted by Gasteiger charge is 2.36. The Morgan fingerprint density at radius 2 is 2.00 bits per heavy atom. The highest BCUT2D eigenvalue weighted by Crippen LogP contribution is 2.36. The minimum atomic E-state index is -0.990. The third kappa shape index (κ3) is 4.69. The topological polar surface area (TPSA) is 105 Å². The Kier molecular flexibility index (Phi) is 6.62. The predicted octanol–water partition coefficient (Wildman–Crippen LogP) is 3.31. The van der Waals surface area contributed by atoms with E-state index in [0.29, 0.717) is 15.6 Å². The zero-order chi connectivity index (χ0) is 23.5. The number of carbonyl (C=O) groups excluding carboxylic acids is 4. The number of halogens is 1. The lowest BCUT2D eigenvalue weighted by Crippen LogP contribution is -2.58. The van der Waals surface area contributed by atoms with Crippen LogP contribution in [0.4, 0.5) is 5.69 Å². The smallest absolute Gasteiger partial charge is 0.337 e. The van der Waals surface area contributed by atoms with Crippen LogP contribution >= 0.6 is 22.9 Å². The maximum absolute atomic E-state index is 13.3. The molecule has 1 aromatic heterocycles. The Morgan fingerprint density at radius 3 is 2.76 bits per heavy atom. The second kappa shape index (κ2) is 9.60. The molecule has 1 aliphatic heterocycles. The van der Waals surface area contributed by atoms with Gasteiger partial charge in [-0.15, -0.1) is 11.3 Å². The van der Waals surface area contributed by atoms with Gasteiger partial charge in [0.25, 0.3) is 5.91 Å². The predicted molar refractivity (Wildman–Crippen MR) is 126 cm³/mol. The molecule has 2 N–H and O–H groups in total. The molecule has 0 bridgehead atoms. The van der Waals surface area contributed by atoms with Crippen LogP contribution in [0, 0.1) is 0 Å². The number of nitrogens with zero attached hydrogens (tertiary/aromatic N) is 1. The fraction of sp³-hybridized carbons (Fsp3) is 0.217. The number of rotatable bonds is 5. The number of esters is 1. The van der Waals surface area contributed by atoms with E-state index in [1.807, 2.05) is 24.3 Å². The Bertz CT molecular complexity index is 1260. The molecule has 0 spiro atoms. The molecule has 1 saturated heterocycles. The highest BCUT2D eigenvalue weighted by atomic mass is 35.5. The van der Waals surface area contributed by atoms with Crippen molar-refractivity contribution in [1.29, 1.82) is 0 Å². The van der Waals surface area contributed by atoms with Crippen LogP contribution in [-0.2, 0) is 14.3 Å². The molecule has 4 rings (SSSR count). The quantitative estimate of drug-likeness (QED) is 0.539. The molecule has 170 valence electrons. The van der Waals surface area contributed by atoms with Crippen molar-refractivity contribution in [2.45, 2.75) is 12.5 Å². The van der Waals surface area contributed by atoms with Crippen molar-refractivity contribution in [1.82, 2.24) is 10.2 Å². The van der Waals surface area contributed by atoms with E-state index in [-0.39, 0.29) is 31.0 Å². The number of benzene rings is 2. The van der Waals surface area contributed by atoms with Crippen molar-refractivity contribution in [2.75, 3.05) is 25.5 Å². The lowest BCUT2D eigenvalue weighted by atomic mass is 10.1. The maximum atomic E-state index is 13.3. The fourth-order valence-corrected chi connectivity index (χ4v) is 5.14. The van der Waals surface area contributed by atoms with E-state index in [1.54, 1.807) is 18.2 Å². The number of methoxy groups -OCH3 is 1. The number of hydrogen-bond donors (Lipinski definition) is 2. The molecular weight excluding hydrogens is 466 g/mol. The molecule has 3 aromatic rings. The van der Waals surface area contributed by atoms with E-state index in [0.717, 1.165) is 10.1 Å². The van der Waals surface area contributed by atoms with Crippen molar-refractivity contribution in [2.24, 2.45) is 0 Å². The first-order valence-corrected chi connectivity index (χ1v) is 11.3. The summed E-state index contributed by atoms with van der Waals surface area (Å²) in [6.45, 7) is 0.539. The molecule has 33 heavy (non-hydrogen) atoms. The van der Waals surface area contributed by atoms with Gasteiger partial charge < -0.3 is 20.3 Å². The lowest BCUT2D eigenvalue weighted by Gasteiger charge is -2.34. The molecule has 0 radical (unpaired) electrons. The highest BCUT2D eigenvalue weighted by molar-refractivity contribution is 7.21. The third-order valence-corrected chi connectivity index (χ3v) is 6.93. The summed E-state index contributed by atoms with van der Waals surface area (Å²) in [6.07, 6.45) is -0.247. The van der Waals surface area contributed by atoms with Crippen LogP contribution in [0.1, 0.15) is 26.5 Å². The molecule has 2 aromatic carbocycles. The van der Waals surface area contributed by atoms with E-state index >= 15 is 0 Å². The van der Waals surface area contributed by atoms with Gasteiger partial charge in [-0.05, 0) is 24.3 Å². The van der Waals surface area contributed by atoms with Crippen molar-refractivity contribution in [3.05, 3.63) is 64.0 Å². The Balaban J connectivity index is 1.53. The minimum absolute atomic E-state index is 0.247. The number of nitrogens with one attached hydrogen (secondary N) is 2. The van der Waals surface area contributed by atoms with Crippen molar-refractivity contribution in [3.8, 4) is 0 Å². The average Bonchev–Trinajstić information content (AvgIpc) is 3.16. The number of hydrogen-bond acceptors (Lipinski definition) is 6. The van der Waals surface area contributed by atoms with E-state index in [9.17, 15) is 19.2 Å². The first-order chi connectivity index (χ1) is 15.9. The molecule has 0 unspecified atom stereocenters. The summed E-state index contributed by atoms with van der Waals surface area (Å²) in [7, 11) is 1.27. The average molecular weight is 486 g/mol. The summed E-state index contributed by atoms with van der Waals surface area (Å²) in [5, 5.41) is 6.49. The zero-order valence-electron chi connectivity index (χ0n) is 17.6. The van der Waals surface area contributed by atoms with Crippen LogP contribution in [0.25, 0.3) is 10.1 Å². The first kappa shape index (κ1) is 22.8. The van der Waals surface area contributed by atoms with Gasteiger partial charge >= 0.3 is 5.97 Å². The van der Waals surface area contributed by atoms with Crippen molar-refractivity contribution >= 4 is 62.4 Å². The number of amides is 3. The van der Waals surface area contributed by atoms with Gasteiger partial charge in [-0.1, -0.05) is 35.9 Å². The molecule has 1 atom stereocenters. The maximum Gasteiger partial charge on any atom is 0.337 e. The summed E-state index contributed by atoms with van der Waals surface area (Å²) in [5.41, 5.74) is 0.659. The van der Waals surface area contributed by atoms with Gasteiger partial charge in [0.1, 0.15) is 10.9 Å². The Hall–Kier alpha value is -3.43. The van der Waals surface area contributed by atoms with Crippen molar-refractivity contribution < 1.29 is 23.9 Å². The number of thiophene rings is 1. The first-order valence-electron chi connectivity index (χ1n) is 10.1. The number of ether oxygens (including phenoxy) is 1. The van der Waals surface area contributed by atoms with Gasteiger partial charge in [0, 0.05) is 28.9 Å². The van der Waals surface area contributed by atoms with Gasteiger partial charge in [-0.3, -0.25) is 14.4 Å². The van der Waals surface area contributed by atoms with Crippen LogP contribution in [0.15, 0.2) is 48.5 Å². The SMILES string of the molecule is COC(=O)c1cccc(NC(=O)C[C@@H]2C(=O)NCCN2C(=O)c2sc3ccccc3c2Cl)c1. The lowest BCUT2D eigenvalue weighted by molar-refractivity contribution is -0.131. The second-order valence-electron chi connectivity index (χ2n) is 7.37. The molecule has 2 heterocycles. The van der Waals surface area contributed by atoms with Crippen LogP contribution < -0.4 is 10.6 Å². The van der Waals surface area contributed by atoms with Crippen LogP contribution in [0.2, 0.25) is 5.02 Å². The van der Waals surface area contributed by atoms with Gasteiger partial charge in [0.15, 0.2) is 0 Å². The zero-order valence-corrected chi connectivity index (χ0v) is 19.2. The number of fused-ring (bicyclic) bond motifs is 1. The standard InChI is InChI=1S/C23H20ClN3O5S/c1-32-23(31)13-5-4-6-14(11-13)26-18(28)12-16-21(29)25-9-10-27(16)22(30)20-19(24)15-7-2-3-8-17(15)33-20/h2-8,11,16H,9-10,12H2,1H3,(H,25,29)(H,26,28)/t16-/m1/s1. The van der Waals surface area contributed by atoms with Crippen LogP contribution in [0.3, 0.4) is 0 Å².